The number of nitrogens with one attached hydrogen (secondary N) is 2. The van der Waals surface area contributed by atoms with E-state index in [9.17, 15) is 0 Å². The van der Waals surface area contributed by atoms with Gasteiger partial charge in [0.25, 0.3) is 0 Å². The minimum atomic E-state index is 0. The molecule has 0 amide bonds. The largest absolute Gasteiger partial charge is 0.497 e. The third kappa shape index (κ3) is 7.87. The highest BCUT2D eigenvalue weighted by Crippen LogP contribution is 2.21. The molecule has 1 atom stereocenters. The highest BCUT2D eigenvalue weighted by Gasteiger charge is 2.12. The molecule has 2 N–H and O–H groups in total. The summed E-state index contributed by atoms with van der Waals surface area (Å²) in [6, 6.07) is 8.29. The van der Waals surface area contributed by atoms with Gasteiger partial charge in [0.15, 0.2) is 5.96 Å². The molecule has 5 heteroatoms. The summed E-state index contributed by atoms with van der Waals surface area (Å²) in [5.74, 6) is 2.25. The van der Waals surface area contributed by atoms with Crippen LogP contribution in [0.4, 0.5) is 0 Å². The zero-order valence-electron chi connectivity index (χ0n) is 14.6. The summed E-state index contributed by atoms with van der Waals surface area (Å²) in [6.45, 7) is 9.51. The summed E-state index contributed by atoms with van der Waals surface area (Å²) in [5.41, 5.74) is 1.35. The van der Waals surface area contributed by atoms with Crippen molar-refractivity contribution in [3.8, 4) is 5.75 Å². The molecule has 1 unspecified atom stereocenters. The number of hydrogen-bond donors (Lipinski definition) is 2. The number of benzene rings is 1. The van der Waals surface area contributed by atoms with Crippen LogP contribution in [0.2, 0.25) is 0 Å². The Morgan fingerprint density at radius 3 is 2.27 bits per heavy atom. The molecule has 0 heterocycles. The van der Waals surface area contributed by atoms with Gasteiger partial charge in [0, 0.05) is 19.1 Å². The molecule has 0 saturated carbocycles. The Hall–Kier alpha value is -0.980. The summed E-state index contributed by atoms with van der Waals surface area (Å²) < 4.78 is 5.19. The maximum Gasteiger partial charge on any atom is 0.191 e. The van der Waals surface area contributed by atoms with Crippen LogP contribution in [0.5, 0.6) is 5.75 Å². The van der Waals surface area contributed by atoms with Crippen molar-refractivity contribution in [3.63, 3.8) is 0 Å². The summed E-state index contributed by atoms with van der Waals surface area (Å²) >= 11 is 0. The quantitative estimate of drug-likeness (QED) is 0.434. The third-order valence-corrected chi connectivity index (χ3v) is 3.27. The van der Waals surface area contributed by atoms with Crippen molar-refractivity contribution in [2.45, 2.75) is 45.6 Å². The predicted octanol–water partition coefficient (Wildman–Crippen LogP) is 3.77. The monoisotopic (exact) mass is 419 g/mol. The van der Waals surface area contributed by atoms with E-state index in [4.69, 9.17) is 4.74 Å². The van der Waals surface area contributed by atoms with Crippen LogP contribution in [0.3, 0.4) is 0 Å². The molecule has 0 saturated heterocycles. The van der Waals surface area contributed by atoms with Gasteiger partial charge < -0.3 is 15.4 Å². The van der Waals surface area contributed by atoms with Gasteiger partial charge in [-0.15, -0.1) is 24.0 Å². The van der Waals surface area contributed by atoms with Crippen molar-refractivity contribution < 1.29 is 4.74 Å². The van der Waals surface area contributed by atoms with Crippen LogP contribution in [0.25, 0.3) is 0 Å². The normalized spacial score (nSPS) is 13.1. The van der Waals surface area contributed by atoms with Gasteiger partial charge in [0.2, 0.25) is 0 Å². The molecule has 0 spiro atoms. The van der Waals surface area contributed by atoms with Crippen LogP contribution >= 0.6 is 24.0 Å². The Bertz CT molecular complexity index is 452. The van der Waals surface area contributed by atoms with E-state index in [-0.39, 0.29) is 29.5 Å². The lowest BCUT2D eigenvalue weighted by molar-refractivity contribution is 0.414. The Balaban J connectivity index is 0.00000441. The van der Waals surface area contributed by atoms with Crippen LogP contribution < -0.4 is 15.4 Å². The average Bonchev–Trinajstić information content (AvgIpc) is 2.44. The molecule has 0 aromatic heterocycles. The lowest BCUT2D eigenvalue weighted by Crippen LogP contribution is -2.47. The van der Waals surface area contributed by atoms with Gasteiger partial charge in [-0.3, -0.25) is 4.99 Å². The lowest BCUT2D eigenvalue weighted by Gasteiger charge is -2.24. The van der Waals surface area contributed by atoms with Gasteiger partial charge in [-0.1, -0.05) is 19.1 Å². The second kappa shape index (κ2) is 9.92. The van der Waals surface area contributed by atoms with Crippen LogP contribution in [0.1, 0.15) is 45.6 Å². The van der Waals surface area contributed by atoms with Gasteiger partial charge >= 0.3 is 0 Å². The Morgan fingerprint density at radius 1 is 1.23 bits per heavy atom. The van der Waals surface area contributed by atoms with Crippen molar-refractivity contribution in [2.24, 2.45) is 4.99 Å². The number of guanidine groups is 1. The van der Waals surface area contributed by atoms with E-state index >= 15 is 0 Å². The van der Waals surface area contributed by atoms with Crippen LogP contribution in [0.15, 0.2) is 29.3 Å². The van der Waals surface area contributed by atoms with Gasteiger partial charge in [-0.2, -0.15) is 0 Å². The first-order valence-electron chi connectivity index (χ1n) is 7.48. The molecule has 0 aliphatic rings. The fourth-order valence-electron chi connectivity index (χ4n) is 2.04. The molecule has 0 aliphatic carbocycles. The molecule has 0 radical (unpaired) electrons. The first-order chi connectivity index (χ1) is 9.85. The van der Waals surface area contributed by atoms with Crippen LogP contribution in [0, 0.1) is 0 Å². The molecule has 0 fully saturated rings. The minimum absolute atomic E-state index is 0. The molecular weight excluding hydrogens is 389 g/mol. The molecule has 1 rings (SSSR count). The van der Waals surface area contributed by atoms with Gasteiger partial charge in [-0.05, 0) is 50.8 Å². The van der Waals surface area contributed by atoms with Crippen molar-refractivity contribution >= 4 is 29.9 Å². The third-order valence-electron chi connectivity index (χ3n) is 3.27. The van der Waals surface area contributed by atoms with E-state index in [2.05, 4.69) is 55.5 Å². The van der Waals surface area contributed by atoms with Crippen molar-refractivity contribution in [1.82, 2.24) is 10.6 Å². The smallest absolute Gasteiger partial charge is 0.191 e. The van der Waals surface area contributed by atoms with E-state index in [0.29, 0.717) is 5.92 Å². The predicted molar refractivity (Wildman–Crippen MR) is 106 cm³/mol. The van der Waals surface area contributed by atoms with Gasteiger partial charge in [-0.25, -0.2) is 0 Å². The molecule has 126 valence electrons. The second-order valence-electron chi connectivity index (χ2n) is 6.34. The number of ether oxygens (including phenoxy) is 1. The first-order valence-corrected chi connectivity index (χ1v) is 7.48. The van der Waals surface area contributed by atoms with Gasteiger partial charge in [0.05, 0.1) is 7.11 Å². The molecule has 0 aliphatic heterocycles. The Kier molecular flexibility index (Phi) is 9.48. The Labute approximate surface area is 152 Å². The fraction of sp³-hybridized carbons (Fsp3) is 0.588. The number of halogens is 1. The highest BCUT2D eigenvalue weighted by molar-refractivity contribution is 14.0. The number of rotatable bonds is 5. The van der Waals surface area contributed by atoms with Gasteiger partial charge in [0.1, 0.15) is 5.75 Å². The molecule has 4 nitrogen and oxygen atoms in total. The maximum absolute atomic E-state index is 5.19. The summed E-state index contributed by atoms with van der Waals surface area (Å²) in [6.07, 6.45) is 1.05. The summed E-state index contributed by atoms with van der Waals surface area (Å²) in [7, 11) is 3.49. The molecular formula is C17H30IN3O. The fourth-order valence-corrected chi connectivity index (χ4v) is 2.04. The van der Waals surface area contributed by atoms with Crippen molar-refractivity contribution in [3.05, 3.63) is 29.8 Å². The van der Waals surface area contributed by atoms with Crippen molar-refractivity contribution in [1.29, 1.82) is 0 Å². The van der Waals surface area contributed by atoms with E-state index < -0.39 is 0 Å². The van der Waals surface area contributed by atoms with E-state index in [1.807, 2.05) is 12.1 Å². The molecule has 1 aromatic carbocycles. The SMILES string of the molecule is CN=C(NCCC(C)c1ccc(OC)cc1)NC(C)(C)C.I. The van der Waals surface area contributed by atoms with E-state index in [1.165, 1.54) is 5.56 Å². The number of nitrogens with zero attached hydrogens (tertiary/aromatic N) is 1. The Morgan fingerprint density at radius 2 is 1.82 bits per heavy atom. The standard InChI is InChI=1S/C17H29N3O.HI/c1-13(14-7-9-15(21-6)10-8-14)11-12-19-16(18-5)20-17(2,3)4;/h7-10,13H,11-12H2,1-6H3,(H2,18,19,20);1H. The zero-order chi connectivity index (χ0) is 15.9. The molecule has 22 heavy (non-hydrogen) atoms. The number of hydrogen-bond acceptors (Lipinski definition) is 2. The highest BCUT2D eigenvalue weighted by atomic mass is 127. The average molecular weight is 419 g/mol. The minimum Gasteiger partial charge on any atom is -0.497 e. The maximum atomic E-state index is 5.19. The molecule has 0 bridgehead atoms. The van der Waals surface area contributed by atoms with E-state index in [0.717, 1.165) is 24.7 Å². The zero-order valence-corrected chi connectivity index (χ0v) is 16.9. The number of methoxy groups -OCH3 is 1. The summed E-state index contributed by atoms with van der Waals surface area (Å²) in [5, 5.41) is 6.72. The first kappa shape index (κ1) is 21.0. The lowest BCUT2D eigenvalue weighted by atomic mass is 9.98. The summed E-state index contributed by atoms with van der Waals surface area (Å²) in [4.78, 5) is 4.24. The topological polar surface area (TPSA) is 45.7 Å². The van der Waals surface area contributed by atoms with Crippen molar-refractivity contribution in [2.75, 3.05) is 20.7 Å². The van der Waals surface area contributed by atoms with E-state index in [1.54, 1.807) is 14.2 Å². The van der Waals surface area contributed by atoms with Crippen LogP contribution in [-0.4, -0.2) is 32.2 Å². The second-order valence-corrected chi connectivity index (χ2v) is 6.34. The van der Waals surface area contributed by atoms with Crippen LogP contribution in [-0.2, 0) is 0 Å². The molecule has 1 aromatic rings. The number of aliphatic imine (C=N–C) groups is 1.